The Labute approximate surface area is 534 Å². The molecule has 0 rings (SSSR count). The smallest absolute Gasteiger partial charge is 0.305 e. The number of hydrogen-bond acceptors (Lipinski definition) is 5. The fraction of sp³-hybridized carbons (Fsp3) is 0.975. The van der Waals surface area contributed by atoms with Crippen LogP contribution in [0, 0.1) is 0 Å². The second-order valence-corrected chi connectivity index (χ2v) is 27.8. The lowest BCUT2D eigenvalue weighted by atomic mass is 10.0. The first-order valence-corrected chi connectivity index (χ1v) is 39.8. The van der Waals surface area contributed by atoms with E-state index in [2.05, 4.69) is 19.2 Å². The van der Waals surface area contributed by atoms with Gasteiger partial charge in [-0.1, -0.05) is 431 Å². The van der Waals surface area contributed by atoms with Crippen molar-refractivity contribution in [3.05, 3.63) is 0 Å². The highest BCUT2D eigenvalue weighted by molar-refractivity contribution is 5.76. The summed E-state index contributed by atoms with van der Waals surface area (Å²) in [5, 5.41) is 23.5. The van der Waals surface area contributed by atoms with Crippen LogP contribution in [0.25, 0.3) is 0 Å². The second-order valence-electron chi connectivity index (χ2n) is 27.8. The van der Waals surface area contributed by atoms with Gasteiger partial charge in [0, 0.05) is 12.8 Å². The van der Waals surface area contributed by atoms with E-state index in [1.807, 2.05) is 0 Å². The average Bonchev–Trinajstić information content (AvgIpc) is 3.51. The summed E-state index contributed by atoms with van der Waals surface area (Å²) >= 11 is 0. The topological polar surface area (TPSA) is 95.9 Å². The Hall–Kier alpha value is -1.14. The third-order valence-corrected chi connectivity index (χ3v) is 19.2. The minimum absolute atomic E-state index is 0.0234. The van der Waals surface area contributed by atoms with Gasteiger partial charge in [0.2, 0.25) is 5.91 Å². The lowest BCUT2D eigenvalue weighted by molar-refractivity contribution is -0.143. The van der Waals surface area contributed by atoms with E-state index in [9.17, 15) is 19.8 Å². The highest BCUT2D eigenvalue weighted by Crippen LogP contribution is 2.21. The van der Waals surface area contributed by atoms with Gasteiger partial charge in [-0.15, -0.1) is 0 Å². The van der Waals surface area contributed by atoms with Crippen LogP contribution in [0.1, 0.15) is 470 Å². The third-order valence-electron chi connectivity index (χ3n) is 19.2. The van der Waals surface area contributed by atoms with Crippen LogP contribution in [-0.4, -0.2) is 47.4 Å². The van der Waals surface area contributed by atoms with Crippen LogP contribution >= 0.6 is 0 Å². The number of rotatable bonds is 76. The maximum Gasteiger partial charge on any atom is 0.305 e. The number of nitrogens with one attached hydrogen (secondary N) is 1. The van der Waals surface area contributed by atoms with Crippen molar-refractivity contribution >= 4 is 11.9 Å². The molecule has 0 heterocycles. The molecule has 2 unspecified atom stereocenters. The number of hydrogen-bond donors (Lipinski definition) is 3. The van der Waals surface area contributed by atoms with E-state index in [-0.39, 0.29) is 18.5 Å². The van der Waals surface area contributed by atoms with Crippen LogP contribution in [0.4, 0.5) is 0 Å². The highest BCUT2D eigenvalue weighted by Gasteiger charge is 2.20. The van der Waals surface area contributed by atoms with E-state index in [4.69, 9.17) is 4.74 Å². The Bertz CT molecular complexity index is 1240. The van der Waals surface area contributed by atoms with Crippen molar-refractivity contribution in [3.63, 3.8) is 0 Å². The first-order valence-electron chi connectivity index (χ1n) is 39.8. The Morgan fingerprint density at radius 2 is 0.482 bits per heavy atom. The number of amides is 1. The van der Waals surface area contributed by atoms with E-state index in [0.29, 0.717) is 25.9 Å². The monoisotopic (exact) mass is 1200 g/mol. The highest BCUT2D eigenvalue weighted by atomic mass is 16.5. The van der Waals surface area contributed by atoms with Crippen molar-refractivity contribution in [2.24, 2.45) is 0 Å². The zero-order valence-electron chi connectivity index (χ0n) is 58.4. The van der Waals surface area contributed by atoms with Crippen LogP contribution in [-0.2, 0) is 14.3 Å². The maximum atomic E-state index is 12.6. The number of ether oxygens (including phenoxy) is 1. The first kappa shape index (κ1) is 83.9. The normalized spacial score (nSPS) is 12.4. The van der Waals surface area contributed by atoms with E-state index in [0.717, 1.165) is 38.5 Å². The molecule has 0 radical (unpaired) electrons. The largest absolute Gasteiger partial charge is 0.466 e. The summed E-state index contributed by atoms with van der Waals surface area (Å²) in [5.74, 6) is -0.00124. The Morgan fingerprint density at radius 3 is 0.718 bits per heavy atom. The van der Waals surface area contributed by atoms with Crippen LogP contribution in [0.15, 0.2) is 0 Å². The Kier molecular flexibility index (Phi) is 74.3. The molecule has 0 saturated heterocycles. The number of aliphatic hydroxyl groups is 2. The molecule has 0 spiro atoms. The zero-order valence-corrected chi connectivity index (χ0v) is 58.4. The lowest BCUT2D eigenvalue weighted by Gasteiger charge is -2.22. The maximum absolute atomic E-state index is 12.6. The van der Waals surface area contributed by atoms with Gasteiger partial charge in [0.15, 0.2) is 0 Å². The summed E-state index contributed by atoms with van der Waals surface area (Å²) in [6.07, 6.45) is 93.4. The van der Waals surface area contributed by atoms with Crippen molar-refractivity contribution in [1.29, 1.82) is 0 Å². The van der Waals surface area contributed by atoms with Gasteiger partial charge in [0.1, 0.15) is 0 Å². The second kappa shape index (κ2) is 75.3. The van der Waals surface area contributed by atoms with Crippen molar-refractivity contribution < 1.29 is 24.5 Å². The molecule has 0 aliphatic carbocycles. The number of unbranched alkanes of at least 4 members (excludes halogenated alkanes) is 65. The first-order chi connectivity index (χ1) is 42.0. The van der Waals surface area contributed by atoms with Crippen molar-refractivity contribution in [2.75, 3.05) is 13.2 Å². The number of carbonyl (C=O) groups is 2. The van der Waals surface area contributed by atoms with Gasteiger partial charge in [-0.2, -0.15) is 0 Å². The molecule has 6 heteroatoms. The molecule has 6 nitrogen and oxygen atoms in total. The lowest BCUT2D eigenvalue weighted by Crippen LogP contribution is -2.45. The van der Waals surface area contributed by atoms with E-state index < -0.39 is 12.1 Å². The molecule has 0 saturated carbocycles. The molecule has 0 aromatic rings. The molecule has 0 fully saturated rings. The summed E-state index contributed by atoms with van der Waals surface area (Å²) in [5.41, 5.74) is 0. The fourth-order valence-electron chi connectivity index (χ4n) is 13.1. The Balaban J connectivity index is 3.33. The van der Waals surface area contributed by atoms with E-state index in [1.54, 1.807) is 0 Å². The van der Waals surface area contributed by atoms with Gasteiger partial charge in [0.25, 0.3) is 0 Å². The van der Waals surface area contributed by atoms with Gasteiger partial charge < -0.3 is 20.3 Å². The molecular formula is C79H157NO5. The van der Waals surface area contributed by atoms with Gasteiger partial charge in [-0.3, -0.25) is 9.59 Å². The average molecular weight is 1200 g/mol. The summed E-state index contributed by atoms with van der Waals surface area (Å²) in [7, 11) is 0. The SMILES string of the molecule is CCCCCCCCCCCCCCCCCCCCCCCCCCCC(O)C(CO)NC(=O)CCCCCCCCCCCCCCCCCCCCCCCCCCCCCCCOC(=O)CCCCCCCCCCCCCCCC. The summed E-state index contributed by atoms with van der Waals surface area (Å²) in [6.45, 7) is 5.02. The predicted molar refractivity (Wildman–Crippen MR) is 375 cm³/mol. The summed E-state index contributed by atoms with van der Waals surface area (Å²) in [6, 6.07) is -0.539. The molecule has 0 aliphatic rings. The summed E-state index contributed by atoms with van der Waals surface area (Å²) < 4.78 is 5.50. The Morgan fingerprint density at radius 1 is 0.282 bits per heavy atom. The number of carbonyl (C=O) groups excluding carboxylic acids is 2. The fourth-order valence-corrected chi connectivity index (χ4v) is 13.1. The minimum Gasteiger partial charge on any atom is -0.466 e. The zero-order chi connectivity index (χ0) is 61.3. The van der Waals surface area contributed by atoms with Crippen molar-refractivity contribution in [1.82, 2.24) is 5.32 Å². The molecular weight excluding hydrogens is 1040 g/mol. The van der Waals surface area contributed by atoms with Crippen LogP contribution < -0.4 is 5.32 Å². The molecule has 0 aliphatic heterocycles. The van der Waals surface area contributed by atoms with Crippen LogP contribution in [0.5, 0.6) is 0 Å². The van der Waals surface area contributed by atoms with Crippen molar-refractivity contribution in [3.8, 4) is 0 Å². The molecule has 0 bridgehead atoms. The van der Waals surface area contributed by atoms with Gasteiger partial charge in [0.05, 0.1) is 25.4 Å². The van der Waals surface area contributed by atoms with Crippen LogP contribution in [0.3, 0.4) is 0 Å². The van der Waals surface area contributed by atoms with Crippen molar-refractivity contribution in [2.45, 2.75) is 482 Å². The number of aliphatic hydroxyl groups excluding tert-OH is 2. The molecule has 0 aromatic heterocycles. The summed E-state index contributed by atoms with van der Waals surface area (Å²) in [4.78, 5) is 24.7. The molecule has 508 valence electrons. The third kappa shape index (κ3) is 71.8. The van der Waals surface area contributed by atoms with Gasteiger partial charge in [-0.05, 0) is 25.7 Å². The standard InChI is InChI=1S/C79H157NO5/c1-3-5-7-9-11-13-15-17-19-20-21-22-23-29-32-35-38-41-44-47-51-55-59-63-67-71-77(82)76(75-81)80-78(83)72-68-64-60-56-52-48-45-42-39-36-33-30-27-25-24-26-28-31-34-37-40-43-46-50-54-58-62-66-70-74-85-79(84)73-69-65-61-57-53-49-18-16-14-12-10-8-6-4-2/h76-77,81-82H,3-75H2,1-2H3,(H,80,83). The number of esters is 1. The molecule has 3 N–H and O–H groups in total. The molecule has 0 aromatic carbocycles. The van der Waals surface area contributed by atoms with Crippen LogP contribution in [0.2, 0.25) is 0 Å². The molecule has 85 heavy (non-hydrogen) atoms. The van der Waals surface area contributed by atoms with E-state index in [1.165, 1.54) is 398 Å². The predicted octanol–water partition coefficient (Wildman–Crippen LogP) is 26.1. The molecule has 2 atom stereocenters. The van der Waals surface area contributed by atoms with E-state index >= 15 is 0 Å². The molecule has 1 amide bonds. The quantitative estimate of drug-likeness (QED) is 0.0417. The van der Waals surface area contributed by atoms with Gasteiger partial charge in [-0.25, -0.2) is 0 Å². The minimum atomic E-state index is -0.662. The van der Waals surface area contributed by atoms with Gasteiger partial charge >= 0.3 is 5.97 Å².